The molecule has 1 aliphatic heterocycles. The molecule has 9 heteroatoms. The molecule has 1 aromatic heterocycles. The van der Waals surface area contributed by atoms with Crippen LogP contribution in [0.15, 0.2) is 28.7 Å². The number of aryl methyl sites for hydroxylation is 1. The zero-order chi connectivity index (χ0) is 18.9. The Labute approximate surface area is 165 Å². The third kappa shape index (κ3) is 4.33. The first kappa shape index (κ1) is 19.5. The molecule has 26 heavy (non-hydrogen) atoms. The Morgan fingerprint density at radius 1 is 1.31 bits per heavy atom. The molecule has 0 radical (unpaired) electrons. The van der Waals surface area contributed by atoms with E-state index in [1.165, 1.54) is 15.6 Å². The molecule has 1 aromatic carbocycles. The second-order valence-electron chi connectivity index (χ2n) is 6.31. The fraction of sp³-hybridized carbons (Fsp3) is 0.412. The fourth-order valence-corrected chi connectivity index (χ4v) is 5.31. The number of thiazole rings is 1. The number of nitrogens with one attached hydrogen (secondary N) is 1. The molecule has 1 aliphatic rings. The number of hydrogen-bond donors (Lipinski definition) is 1. The molecule has 1 amide bonds. The minimum Gasteiger partial charge on any atom is -0.301 e. The van der Waals surface area contributed by atoms with Crippen molar-refractivity contribution in [2.75, 3.05) is 18.1 Å². The number of hydrogen-bond acceptors (Lipinski definition) is 5. The number of amides is 1. The second-order valence-corrected chi connectivity index (χ2v) is 10.4. The van der Waals surface area contributed by atoms with Crippen molar-refractivity contribution in [2.24, 2.45) is 0 Å². The van der Waals surface area contributed by atoms with Crippen molar-refractivity contribution in [3.8, 4) is 11.3 Å². The van der Waals surface area contributed by atoms with E-state index in [0.717, 1.165) is 39.7 Å². The predicted octanol–water partition coefficient (Wildman–Crippen LogP) is 3.63. The Bertz CT molecular complexity index is 910. The normalized spacial score (nSPS) is 18.7. The lowest BCUT2D eigenvalue weighted by Crippen LogP contribution is -2.49. The zero-order valence-corrected chi connectivity index (χ0v) is 17.7. The van der Waals surface area contributed by atoms with Gasteiger partial charge in [-0.15, -0.1) is 11.3 Å². The lowest BCUT2D eigenvalue weighted by atomic mass is 10.0. The van der Waals surface area contributed by atoms with E-state index in [2.05, 4.69) is 26.2 Å². The van der Waals surface area contributed by atoms with Crippen molar-refractivity contribution in [1.82, 2.24) is 9.29 Å². The molecular weight excluding hydrogens is 438 g/mol. The standard InChI is InChI=1S/C17H20BrN3O3S2/c1-11-15(12-6-8-13(18)9-7-12)19-17(25-11)20-16(22)14-5-3-4-10-21(14)26(2,23)24/h6-9,14H,3-5,10H2,1-2H3,(H,19,20,22). The molecule has 6 nitrogen and oxygen atoms in total. The van der Waals surface area contributed by atoms with Crippen molar-refractivity contribution in [2.45, 2.75) is 32.2 Å². The third-order valence-electron chi connectivity index (χ3n) is 4.33. The van der Waals surface area contributed by atoms with Crippen LogP contribution in [-0.2, 0) is 14.8 Å². The van der Waals surface area contributed by atoms with Gasteiger partial charge in [0.05, 0.1) is 11.9 Å². The molecule has 1 N–H and O–H groups in total. The highest BCUT2D eigenvalue weighted by Gasteiger charge is 2.34. The number of carbonyl (C=O) groups excluding carboxylic acids is 1. The molecule has 1 saturated heterocycles. The van der Waals surface area contributed by atoms with E-state index in [1.807, 2.05) is 31.2 Å². The number of benzene rings is 1. The number of sulfonamides is 1. The van der Waals surface area contributed by atoms with Gasteiger partial charge in [-0.25, -0.2) is 13.4 Å². The van der Waals surface area contributed by atoms with Crippen LogP contribution in [0.4, 0.5) is 5.13 Å². The van der Waals surface area contributed by atoms with Gasteiger partial charge < -0.3 is 5.32 Å². The summed E-state index contributed by atoms with van der Waals surface area (Å²) in [5, 5.41) is 3.30. The van der Waals surface area contributed by atoms with Gasteiger partial charge in [0.1, 0.15) is 6.04 Å². The van der Waals surface area contributed by atoms with Crippen LogP contribution >= 0.6 is 27.3 Å². The first-order valence-corrected chi connectivity index (χ1v) is 11.7. The molecule has 140 valence electrons. The Morgan fingerprint density at radius 2 is 2.00 bits per heavy atom. The summed E-state index contributed by atoms with van der Waals surface area (Å²) < 4.78 is 26.2. The highest BCUT2D eigenvalue weighted by atomic mass is 79.9. The van der Waals surface area contributed by atoms with Gasteiger partial charge >= 0.3 is 0 Å². The quantitative estimate of drug-likeness (QED) is 0.759. The number of nitrogens with zero attached hydrogens (tertiary/aromatic N) is 2. The average Bonchev–Trinajstić information content (AvgIpc) is 2.95. The average molecular weight is 458 g/mol. The summed E-state index contributed by atoms with van der Waals surface area (Å²) in [6.07, 6.45) is 3.30. The molecule has 0 spiro atoms. The molecule has 1 fully saturated rings. The van der Waals surface area contributed by atoms with E-state index in [-0.39, 0.29) is 5.91 Å². The minimum absolute atomic E-state index is 0.314. The number of rotatable bonds is 4. The van der Waals surface area contributed by atoms with Gasteiger partial charge in [0.25, 0.3) is 0 Å². The van der Waals surface area contributed by atoms with E-state index < -0.39 is 16.1 Å². The molecule has 0 bridgehead atoms. The smallest absolute Gasteiger partial charge is 0.244 e. The first-order chi connectivity index (χ1) is 12.3. The minimum atomic E-state index is -3.41. The Morgan fingerprint density at radius 3 is 2.65 bits per heavy atom. The summed E-state index contributed by atoms with van der Waals surface area (Å²) in [6, 6.07) is 7.14. The van der Waals surface area contributed by atoms with Crippen molar-refractivity contribution < 1.29 is 13.2 Å². The summed E-state index contributed by atoms with van der Waals surface area (Å²) in [5.41, 5.74) is 1.79. The van der Waals surface area contributed by atoms with Gasteiger partial charge in [0.2, 0.25) is 15.9 Å². The van der Waals surface area contributed by atoms with Gasteiger partial charge in [-0.05, 0) is 31.9 Å². The van der Waals surface area contributed by atoms with E-state index in [1.54, 1.807) is 0 Å². The summed E-state index contributed by atoms with van der Waals surface area (Å²) in [4.78, 5) is 18.2. The zero-order valence-electron chi connectivity index (χ0n) is 14.5. The number of aromatic nitrogens is 1. The maximum absolute atomic E-state index is 12.7. The van der Waals surface area contributed by atoms with Crippen LogP contribution in [0, 0.1) is 6.92 Å². The maximum Gasteiger partial charge on any atom is 0.244 e. The monoisotopic (exact) mass is 457 g/mol. The van der Waals surface area contributed by atoms with Gasteiger partial charge in [-0.2, -0.15) is 4.31 Å². The van der Waals surface area contributed by atoms with E-state index in [0.29, 0.717) is 18.1 Å². The van der Waals surface area contributed by atoms with Gasteiger partial charge in [0.15, 0.2) is 5.13 Å². The van der Waals surface area contributed by atoms with E-state index in [9.17, 15) is 13.2 Å². The van der Waals surface area contributed by atoms with E-state index >= 15 is 0 Å². The summed E-state index contributed by atoms with van der Waals surface area (Å²) in [5.74, 6) is -0.314. The van der Waals surface area contributed by atoms with Crippen LogP contribution in [0.3, 0.4) is 0 Å². The van der Waals surface area contributed by atoms with Crippen LogP contribution in [0.1, 0.15) is 24.1 Å². The SMILES string of the molecule is Cc1sc(NC(=O)C2CCCCN2S(C)(=O)=O)nc1-c1ccc(Br)cc1. The van der Waals surface area contributed by atoms with Gasteiger partial charge in [-0.3, -0.25) is 4.79 Å². The molecule has 3 rings (SSSR count). The Balaban J connectivity index is 1.79. The van der Waals surface area contributed by atoms with Crippen molar-refractivity contribution >= 4 is 48.3 Å². The highest BCUT2D eigenvalue weighted by Crippen LogP contribution is 2.31. The second kappa shape index (κ2) is 7.75. The van der Waals surface area contributed by atoms with E-state index in [4.69, 9.17) is 0 Å². The van der Waals surface area contributed by atoms with Gasteiger partial charge in [0, 0.05) is 21.5 Å². The Kier molecular flexibility index (Phi) is 5.81. The fourth-order valence-electron chi connectivity index (χ4n) is 3.08. The number of carbonyl (C=O) groups is 1. The third-order valence-corrected chi connectivity index (χ3v) is 7.03. The maximum atomic E-state index is 12.7. The topological polar surface area (TPSA) is 79.4 Å². The molecule has 1 unspecified atom stereocenters. The van der Waals surface area contributed by atoms with Crippen LogP contribution < -0.4 is 5.32 Å². The van der Waals surface area contributed by atoms with Crippen LogP contribution in [0.2, 0.25) is 0 Å². The summed E-state index contributed by atoms with van der Waals surface area (Å²) in [6.45, 7) is 2.34. The molecule has 2 aromatic rings. The number of halogens is 1. The number of anilines is 1. The highest BCUT2D eigenvalue weighted by molar-refractivity contribution is 9.10. The van der Waals surface area contributed by atoms with Crippen LogP contribution in [-0.4, -0.2) is 42.5 Å². The van der Waals surface area contributed by atoms with Crippen LogP contribution in [0.5, 0.6) is 0 Å². The Hall–Kier alpha value is -1.29. The lowest BCUT2D eigenvalue weighted by molar-refractivity contribution is -0.120. The summed E-state index contributed by atoms with van der Waals surface area (Å²) >= 11 is 4.80. The van der Waals surface area contributed by atoms with Crippen molar-refractivity contribution in [3.05, 3.63) is 33.6 Å². The molecule has 2 heterocycles. The van der Waals surface area contributed by atoms with Crippen molar-refractivity contribution in [3.63, 3.8) is 0 Å². The van der Waals surface area contributed by atoms with Crippen LogP contribution in [0.25, 0.3) is 11.3 Å². The lowest BCUT2D eigenvalue weighted by Gasteiger charge is -2.32. The molecular formula is C17H20BrN3O3S2. The van der Waals surface area contributed by atoms with Crippen molar-refractivity contribution in [1.29, 1.82) is 0 Å². The summed E-state index contributed by atoms with van der Waals surface area (Å²) in [7, 11) is -3.41. The largest absolute Gasteiger partial charge is 0.301 e. The first-order valence-electron chi connectivity index (χ1n) is 8.27. The molecule has 0 saturated carbocycles. The van der Waals surface area contributed by atoms with Gasteiger partial charge in [-0.1, -0.05) is 34.5 Å². The molecule has 1 atom stereocenters. The molecule has 0 aliphatic carbocycles. The number of piperidine rings is 1. The predicted molar refractivity (Wildman–Crippen MR) is 108 cm³/mol.